The maximum absolute atomic E-state index is 0. The molecule has 0 aromatic heterocycles. The van der Waals surface area contributed by atoms with Gasteiger partial charge in [-0.25, -0.2) is 0 Å². The van der Waals surface area contributed by atoms with Crippen LogP contribution >= 0.6 is 0 Å². The largest absolute Gasteiger partial charge is 1.00 e. The van der Waals surface area contributed by atoms with Gasteiger partial charge in [0, 0.05) is 53.9 Å². The summed E-state index contributed by atoms with van der Waals surface area (Å²) in [4.78, 5) is 0. The summed E-state index contributed by atoms with van der Waals surface area (Å²) in [5.74, 6) is 0. The molecular weight excluding hydrogens is 211 g/mol. The molecule has 0 atom stereocenters. The van der Waals surface area contributed by atoms with E-state index in [9.17, 15) is 0 Å². The van der Waals surface area contributed by atoms with Crippen molar-refractivity contribution >= 4 is 0 Å². The molecule has 0 aliphatic heterocycles. The SMILES string of the molecule is [Cr].[H-].[K+].[Mn].[Zn]. The summed E-state index contributed by atoms with van der Waals surface area (Å²) in [7, 11) is 0. The van der Waals surface area contributed by atoms with Gasteiger partial charge in [0.25, 0.3) is 0 Å². The third-order valence-corrected chi connectivity index (χ3v) is 0. The Hall–Kier alpha value is 3.31. The molecule has 0 N–H and O–H groups in total. The number of hydrogen-bond donors (Lipinski definition) is 0. The van der Waals surface area contributed by atoms with E-state index in [-0.39, 0.29) is 107 Å². The Morgan fingerprint density at radius 2 is 1.25 bits per heavy atom. The van der Waals surface area contributed by atoms with E-state index in [0.29, 0.717) is 0 Å². The second-order valence-electron chi connectivity index (χ2n) is 0. The molecule has 0 amide bonds. The summed E-state index contributed by atoms with van der Waals surface area (Å²) < 4.78 is 0. The fraction of sp³-hybridized carbons (Fsp3) is 0. The van der Waals surface area contributed by atoms with E-state index >= 15 is 0 Å². The zero-order chi connectivity index (χ0) is 0. The van der Waals surface area contributed by atoms with Gasteiger partial charge in [-0.2, -0.15) is 0 Å². The van der Waals surface area contributed by atoms with Crippen LogP contribution in [0.1, 0.15) is 1.43 Å². The van der Waals surface area contributed by atoms with Gasteiger partial charge in [0.1, 0.15) is 0 Å². The van der Waals surface area contributed by atoms with Crippen molar-refractivity contribution < 1.29 is 107 Å². The van der Waals surface area contributed by atoms with E-state index in [1.807, 2.05) is 0 Å². The molecule has 0 aliphatic carbocycles. The van der Waals surface area contributed by atoms with Crippen molar-refractivity contribution in [3.8, 4) is 0 Å². The van der Waals surface area contributed by atoms with Gasteiger partial charge in [-0.1, -0.05) is 0 Å². The molecule has 0 spiro atoms. The first-order chi connectivity index (χ1) is 0. The summed E-state index contributed by atoms with van der Waals surface area (Å²) in [5, 5.41) is 0. The van der Waals surface area contributed by atoms with Crippen molar-refractivity contribution in [1.82, 2.24) is 0 Å². The monoisotopic (exact) mass is 211 g/mol. The summed E-state index contributed by atoms with van der Waals surface area (Å²) >= 11 is 0. The summed E-state index contributed by atoms with van der Waals surface area (Å²) in [5.41, 5.74) is 0. The van der Waals surface area contributed by atoms with Crippen LogP contribution in [-0.4, -0.2) is 0 Å². The minimum absolute atomic E-state index is 0. The first kappa shape index (κ1) is 26.6. The van der Waals surface area contributed by atoms with Gasteiger partial charge in [0.15, 0.2) is 0 Å². The molecule has 0 saturated carbocycles. The smallest absolute Gasteiger partial charge is 1.00 e. The molecule has 0 unspecified atom stereocenters. The van der Waals surface area contributed by atoms with Crippen LogP contribution in [0.2, 0.25) is 0 Å². The Kier molecular flexibility index (Phi) is 108. The van der Waals surface area contributed by atoms with Crippen molar-refractivity contribution in [3.63, 3.8) is 0 Å². The third kappa shape index (κ3) is 9.00. The van der Waals surface area contributed by atoms with Gasteiger partial charge in [-0.15, -0.1) is 0 Å². The second-order valence-corrected chi connectivity index (χ2v) is 0. The first-order valence-electron chi connectivity index (χ1n) is 0. The molecule has 4 heavy (non-hydrogen) atoms. The quantitative estimate of drug-likeness (QED) is 0.378. The zero-order valence-corrected chi connectivity index (χ0v) is 11.0. The van der Waals surface area contributed by atoms with Crippen LogP contribution in [0.5, 0.6) is 0 Å². The molecule has 0 aromatic rings. The Morgan fingerprint density at radius 3 is 1.25 bits per heavy atom. The van der Waals surface area contributed by atoms with Gasteiger partial charge in [0.05, 0.1) is 0 Å². The molecule has 0 rings (SSSR count). The predicted molar refractivity (Wildman–Crippen MR) is 1.11 cm³/mol. The molecular formula is HCrKMnZn. The van der Waals surface area contributed by atoms with Crippen LogP contribution in [0.4, 0.5) is 0 Å². The van der Waals surface area contributed by atoms with Crippen LogP contribution in [0.25, 0.3) is 0 Å². The standard InChI is InChI=1S/Cr.K.Mn.Zn.H/q;+1;;;-1. The van der Waals surface area contributed by atoms with E-state index in [2.05, 4.69) is 0 Å². The average molecular weight is 212 g/mol. The molecule has 4 heteroatoms. The van der Waals surface area contributed by atoms with Crippen LogP contribution < -0.4 is 51.4 Å². The zero-order valence-electron chi connectivity index (χ0n) is 3.49. The van der Waals surface area contributed by atoms with Gasteiger partial charge >= 0.3 is 51.4 Å². The van der Waals surface area contributed by atoms with Crippen LogP contribution in [0, 0.1) is 0 Å². The van der Waals surface area contributed by atoms with Gasteiger partial charge in [0.2, 0.25) is 0 Å². The van der Waals surface area contributed by atoms with Crippen molar-refractivity contribution in [2.24, 2.45) is 0 Å². The fourth-order valence-electron chi connectivity index (χ4n) is 0. The van der Waals surface area contributed by atoms with Crippen LogP contribution in [-0.2, 0) is 53.9 Å². The van der Waals surface area contributed by atoms with Gasteiger partial charge < -0.3 is 1.43 Å². The molecule has 0 aromatic carbocycles. The molecule has 0 nitrogen and oxygen atoms in total. The normalized spacial score (nSPS) is 0. The molecule has 1 radical (unpaired) electrons. The molecule has 0 heterocycles. The topological polar surface area (TPSA) is 0 Å². The molecule has 0 saturated heterocycles. The molecule has 0 bridgehead atoms. The van der Waals surface area contributed by atoms with E-state index < -0.39 is 0 Å². The predicted octanol–water partition coefficient (Wildman–Crippen LogP) is -2.89. The first-order valence-corrected chi connectivity index (χ1v) is 0. The van der Waals surface area contributed by atoms with Crippen molar-refractivity contribution in [2.45, 2.75) is 0 Å². The average Bonchev–Trinajstić information content (AvgIpc) is 0. The molecule has 0 fully saturated rings. The molecule has 0 aliphatic rings. The van der Waals surface area contributed by atoms with Crippen molar-refractivity contribution in [3.05, 3.63) is 0 Å². The second kappa shape index (κ2) is 16.2. The minimum Gasteiger partial charge on any atom is -1.00 e. The Labute approximate surface area is 104 Å². The Morgan fingerprint density at radius 1 is 1.25 bits per heavy atom. The maximum Gasteiger partial charge on any atom is 1.00 e. The van der Waals surface area contributed by atoms with E-state index in [1.54, 1.807) is 0 Å². The third-order valence-electron chi connectivity index (χ3n) is 0. The maximum atomic E-state index is 0. The Balaban J connectivity index is 0. The minimum atomic E-state index is 0. The summed E-state index contributed by atoms with van der Waals surface area (Å²) in [6.45, 7) is 0. The Bertz CT molecular complexity index is 11.6. The van der Waals surface area contributed by atoms with Gasteiger partial charge in [-0.05, 0) is 0 Å². The van der Waals surface area contributed by atoms with Crippen LogP contribution in [0.3, 0.4) is 0 Å². The number of hydrogen-bond acceptors (Lipinski definition) is 0. The summed E-state index contributed by atoms with van der Waals surface area (Å²) in [6, 6.07) is 0. The van der Waals surface area contributed by atoms with Gasteiger partial charge in [-0.3, -0.25) is 0 Å². The van der Waals surface area contributed by atoms with E-state index in [4.69, 9.17) is 0 Å². The van der Waals surface area contributed by atoms with E-state index in [1.165, 1.54) is 0 Å². The fourth-order valence-corrected chi connectivity index (χ4v) is 0. The molecule has 17 valence electrons. The number of rotatable bonds is 0. The van der Waals surface area contributed by atoms with Crippen molar-refractivity contribution in [1.29, 1.82) is 0 Å². The van der Waals surface area contributed by atoms with E-state index in [0.717, 1.165) is 0 Å². The van der Waals surface area contributed by atoms with Crippen molar-refractivity contribution in [2.75, 3.05) is 0 Å². The van der Waals surface area contributed by atoms with Crippen LogP contribution in [0.15, 0.2) is 0 Å². The summed E-state index contributed by atoms with van der Waals surface area (Å²) in [6.07, 6.45) is 0.